The number of morpholine rings is 1. The number of hydrogen-bond acceptors (Lipinski definition) is 4. The lowest BCUT2D eigenvalue weighted by molar-refractivity contribution is -0.0735. The molecule has 0 aliphatic carbocycles. The Morgan fingerprint density at radius 1 is 1.47 bits per heavy atom. The fourth-order valence-corrected chi connectivity index (χ4v) is 2.45. The Bertz CT molecular complexity index is 332. The number of hydrogen-bond donors (Lipinski definition) is 1. The molecule has 0 amide bonds. The third kappa shape index (κ3) is 2.39. The van der Waals surface area contributed by atoms with Gasteiger partial charge in [-0.3, -0.25) is 4.90 Å². The van der Waals surface area contributed by atoms with Crippen molar-refractivity contribution in [3.63, 3.8) is 0 Å². The van der Waals surface area contributed by atoms with Crippen LogP contribution in [0.3, 0.4) is 0 Å². The van der Waals surface area contributed by atoms with Crippen LogP contribution in [-0.4, -0.2) is 41.8 Å². The van der Waals surface area contributed by atoms with E-state index in [-0.39, 0.29) is 5.54 Å². The zero-order valence-electron chi connectivity index (χ0n) is 10.6. The first-order valence-corrected chi connectivity index (χ1v) is 6.21. The van der Waals surface area contributed by atoms with Gasteiger partial charge in [0.25, 0.3) is 0 Å². The molecule has 4 nitrogen and oxygen atoms in total. The maximum atomic E-state index is 10.5. The molecule has 1 aliphatic heterocycles. The Balaban J connectivity index is 2.17. The Morgan fingerprint density at radius 3 is 2.71 bits per heavy atom. The molecule has 1 N–H and O–H groups in total. The van der Waals surface area contributed by atoms with E-state index in [9.17, 15) is 5.11 Å². The van der Waals surface area contributed by atoms with Gasteiger partial charge in [0, 0.05) is 24.2 Å². The molecule has 0 saturated carbocycles. The van der Waals surface area contributed by atoms with Crippen LogP contribution in [-0.2, 0) is 4.74 Å². The Labute approximate surface area is 102 Å². The average Bonchev–Trinajstić information content (AvgIpc) is 2.92. The van der Waals surface area contributed by atoms with Crippen LogP contribution in [0.5, 0.6) is 0 Å². The molecule has 1 aromatic heterocycles. The molecule has 2 atom stereocenters. The molecule has 0 spiro atoms. The maximum absolute atomic E-state index is 10.5. The second-order valence-electron chi connectivity index (χ2n) is 4.77. The van der Waals surface area contributed by atoms with Gasteiger partial charge in [0.05, 0.1) is 25.7 Å². The summed E-state index contributed by atoms with van der Waals surface area (Å²) in [6.45, 7) is 7.45. The van der Waals surface area contributed by atoms with E-state index in [0.29, 0.717) is 0 Å². The molecule has 0 aromatic carbocycles. The molecule has 17 heavy (non-hydrogen) atoms. The molecular formula is C13H21NO3. The summed E-state index contributed by atoms with van der Waals surface area (Å²) in [5.74, 6) is 0. The molecule has 0 radical (unpaired) electrons. The van der Waals surface area contributed by atoms with Gasteiger partial charge in [-0.15, -0.1) is 0 Å². The minimum absolute atomic E-state index is 0.256. The quantitative estimate of drug-likeness (QED) is 0.870. The zero-order valence-corrected chi connectivity index (χ0v) is 10.6. The van der Waals surface area contributed by atoms with Crippen molar-refractivity contribution < 1.29 is 14.3 Å². The van der Waals surface area contributed by atoms with E-state index in [1.54, 1.807) is 12.5 Å². The van der Waals surface area contributed by atoms with Crippen LogP contribution >= 0.6 is 0 Å². The van der Waals surface area contributed by atoms with Gasteiger partial charge in [-0.25, -0.2) is 0 Å². The number of furan rings is 1. The van der Waals surface area contributed by atoms with Crippen LogP contribution in [0, 0.1) is 0 Å². The van der Waals surface area contributed by atoms with Crippen molar-refractivity contribution in [2.24, 2.45) is 0 Å². The second-order valence-corrected chi connectivity index (χ2v) is 4.77. The lowest BCUT2D eigenvalue weighted by Gasteiger charge is -2.45. The van der Waals surface area contributed by atoms with E-state index in [4.69, 9.17) is 9.15 Å². The van der Waals surface area contributed by atoms with Gasteiger partial charge in [-0.2, -0.15) is 0 Å². The van der Waals surface area contributed by atoms with Crippen LogP contribution in [0.2, 0.25) is 0 Å². The molecular weight excluding hydrogens is 218 g/mol. The van der Waals surface area contributed by atoms with Gasteiger partial charge >= 0.3 is 0 Å². The summed E-state index contributed by atoms with van der Waals surface area (Å²) in [6, 6.07) is 1.83. The van der Waals surface area contributed by atoms with Crippen molar-refractivity contribution in [3.05, 3.63) is 24.2 Å². The topological polar surface area (TPSA) is 45.8 Å². The zero-order chi connectivity index (χ0) is 12.3. The highest BCUT2D eigenvalue weighted by atomic mass is 16.5. The molecule has 1 aromatic rings. The highest BCUT2D eigenvalue weighted by molar-refractivity contribution is 5.15. The molecule has 96 valence electrons. The first-order valence-electron chi connectivity index (χ1n) is 6.21. The highest BCUT2D eigenvalue weighted by Crippen LogP contribution is 2.34. The Hall–Kier alpha value is -0.840. The fraction of sp³-hybridized carbons (Fsp3) is 0.692. The summed E-state index contributed by atoms with van der Waals surface area (Å²) in [6.07, 6.45) is 3.59. The average molecular weight is 239 g/mol. The summed E-state index contributed by atoms with van der Waals surface area (Å²) in [5.41, 5.74) is 0.592. The summed E-state index contributed by atoms with van der Waals surface area (Å²) in [4.78, 5) is 2.31. The normalized spacial score (nSPS) is 23.2. The monoisotopic (exact) mass is 239 g/mol. The Kier molecular flexibility index (Phi) is 3.86. The van der Waals surface area contributed by atoms with Crippen LogP contribution < -0.4 is 0 Å². The summed E-state index contributed by atoms with van der Waals surface area (Å²) in [5, 5.41) is 10.5. The lowest BCUT2D eigenvalue weighted by atomic mass is 9.86. The molecule has 2 heterocycles. The first-order chi connectivity index (χ1) is 8.18. The van der Waals surface area contributed by atoms with Crippen molar-refractivity contribution >= 4 is 0 Å². The maximum Gasteiger partial charge on any atom is 0.100 e. The number of aliphatic hydroxyl groups is 1. The van der Waals surface area contributed by atoms with Crippen LogP contribution in [0.4, 0.5) is 0 Å². The van der Waals surface area contributed by atoms with Crippen molar-refractivity contribution in [2.75, 3.05) is 26.3 Å². The van der Waals surface area contributed by atoms with Crippen molar-refractivity contribution in [2.45, 2.75) is 31.9 Å². The van der Waals surface area contributed by atoms with E-state index >= 15 is 0 Å². The largest absolute Gasteiger partial charge is 0.472 e. The van der Waals surface area contributed by atoms with Gasteiger partial charge in [0.1, 0.15) is 6.10 Å². The van der Waals surface area contributed by atoms with E-state index in [0.717, 1.165) is 38.3 Å². The first kappa shape index (κ1) is 12.6. The SMILES string of the molecule is CCC(C)(C(O)c1ccoc1)N1CCOCC1. The van der Waals surface area contributed by atoms with Gasteiger partial charge in [0.2, 0.25) is 0 Å². The number of aliphatic hydroxyl groups excluding tert-OH is 1. The minimum Gasteiger partial charge on any atom is -0.472 e. The predicted octanol–water partition coefficient (Wildman–Crippen LogP) is 1.81. The third-order valence-corrected chi connectivity index (χ3v) is 3.90. The van der Waals surface area contributed by atoms with E-state index in [1.165, 1.54) is 0 Å². The lowest BCUT2D eigenvalue weighted by Crippen LogP contribution is -2.54. The molecule has 1 fully saturated rings. The van der Waals surface area contributed by atoms with Gasteiger partial charge < -0.3 is 14.3 Å². The van der Waals surface area contributed by atoms with Crippen molar-refractivity contribution in [3.8, 4) is 0 Å². The number of nitrogens with zero attached hydrogens (tertiary/aromatic N) is 1. The van der Waals surface area contributed by atoms with Crippen molar-refractivity contribution in [1.29, 1.82) is 0 Å². The van der Waals surface area contributed by atoms with Gasteiger partial charge in [0.15, 0.2) is 0 Å². The smallest absolute Gasteiger partial charge is 0.100 e. The molecule has 2 unspecified atom stereocenters. The summed E-state index contributed by atoms with van der Waals surface area (Å²) in [7, 11) is 0. The molecule has 2 rings (SSSR count). The molecule has 1 saturated heterocycles. The predicted molar refractivity (Wildman–Crippen MR) is 64.8 cm³/mol. The standard InChI is InChI=1S/C13H21NO3/c1-3-13(2,14-5-8-16-9-6-14)12(15)11-4-7-17-10-11/h4,7,10,12,15H,3,5-6,8-9H2,1-2H3. The molecule has 0 bridgehead atoms. The van der Waals surface area contributed by atoms with Crippen molar-refractivity contribution in [1.82, 2.24) is 4.90 Å². The fourth-order valence-electron chi connectivity index (χ4n) is 2.45. The summed E-state index contributed by atoms with van der Waals surface area (Å²) < 4.78 is 10.4. The van der Waals surface area contributed by atoms with E-state index in [1.807, 2.05) is 6.07 Å². The summed E-state index contributed by atoms with van der Waals surface area (Å²) >= 11 is 0. The van der Waals surface area contributed by atoms with E-state index in [2.05, 4.69) is 18.7 Å². The minimum atomic E-state index is -0.524. The third-order valence-electron chi connectivity index (χ3n) is 3.90. The van der Waals surface area contributed by atoms with Gasteiger partial charge in [-0.1, -0.05) is 6.92 Å². The molecule has 1 aliphatic rings. The highest BCUT2D eigenvalue weighted by Gasteiger charge is 2.39. The van der Waals surface area contributed by atoms with Crippen LogP contribution in [0.15, 0.2) is 23.0 Å². The number of ether oxygens (including phenoxy) is 1. The molecule has 4 heteroatoms. The van der Waals surface area contributed by atoms with E-state index < -0.39 is 6.10 Å². The second kappa shape index (κ2) is 5.21. The van der Waals surface area contributed by atoms with Gasteiger partial charge in [-0.05, 0) is 19.4 Å². The van der Waals surface area contributed by atoms with Crippen LogP contribution in [0.25, 0.3) is 0 Å². The number of rotatable bonds is 4. The van der Waals surface area contributed by atoms with Crippen LogP contribution in [0.1, 0.15) is 31.9 Å². The Morgan fingerprint density at radius 2 is 2.18 bits per heavy atom.